The number of sulfone groups is 1. The second-order valence-corrected chi connectivity index (χ2v) is 13.9. The van der Waals surface area contributed by atoms with Crippen molar-refractivity contribution in [3.05, 3.63) is 76.8 Å². The lowest BCUT2D eigenvalue weighted by molar-refractivity contribution is 0.242. The van der Waals surface area contributed by atoms with E-state index in [-0.39, 0.29) is 40.0 Å². The maximum Gasteiger partial charge on any atom is 0.252 e. The van der Waals surface area contributed by atoms with E-state index in [0.29, 0.717) is 18.2 Å². The molecule has 3 aliphatic rings. The number of aryl methyl sites for hydroxylation is 1. The Bertz CT molecular complexity index is 1770. The number of rotatable bonds is 5. The molecule has 4 aromatic rings. The van der Waals surface area contributed by atoms with Crippen molar-refractivity contribution < 1.29 is 17.2 Å². The third-order valence-electron chi connectivity index (χ3n) is 9.08. The molecule has 0 spiro atoms. The van der Waals surface area contributed by atoms with Crippen molar-refractivity contribution in [3.8, 4) is 17.2 Å². The molecule has 2 atom stereocenters. The fraction of sp³-hybridized carbons (Fsp3) is 0.429. The van der Waals surface area contributed by atoms with Crippen LogP contribution in [0.3, 0.4) is 0 Å². The summed E-state index contributed by atoms with van der Waals surface area (Å²) in [7, 11) is -2.92. The molecule has 0 amide bonds. The van der Waals surface area contributed by atoms with E-state index >= 15 is 0 Å². The van der Waals surface area contributed by atoms with Crippen molar-refractivity contribution in [2.75, 3.05) is 11.5 Å². The molecular formula is C28H27F2N7O2S. The van der Waals surface area contributed by atoms with Gasteiger partial charge in [-0.25, -0.2) is 32.2 Å². The van der Waals surface area contributed by atoms with Crippen LogP contribution in [0.1, 0.15) is 61.1 Å². The van der Waals surface area contributed by atoms with Gasteiger partial charge in [-0.3, -0.25) is 0 Å². The van der Waals surface area contributed by atoms with E-state index in [0.717, 1.165) is 35.5 Å². The first-order chi connectivity index (χ1) is 19.0. The molecule has 1 saturated heterocycles. The third kappa shape index (κ3) is 3.57. The minimum Gasteiger partial charge on any atom is -0.229 e. The number of aromatic nitrogens is 7. The van der Waals surface area contributed by atoms with E-state index in [2.05, 4.69) is 39.1 Å². The quantitative estimate of drug-likeness (QED) is 0.359. The first-order valence-electron chi connectivity index (χ1n) is 13.3. The first-order valence-corrected chi connectivity index (χ1v) is 15.1. The summed E-state index contributed by atoms with van der Waals surface area (Å²) < 4.78 is 53.8. The van der Waals surface area contributed by atoms with Crippen LogP contribution in [0.25, 0.3) is 17.2 Å². The van der Waals surface area contributed by atoms with Crippen LogP contribution in [-0.2, 0) is 21.7 Å². The van der Waals surface area contributed by atoms with Crippen LogP contribution in [0, 0.1) is 29.9 Å². The van der Waals surface area contributed by atoms with Crippen molar-refractivity contribution in [1.29, 1.82) is 0 Å². The molecule has 9 nitrogen and oxygen atoms in total. The lowest BCUT2D eigenvalue weighted by atomic mass is 9.66. The van der Waals surface area contributed by atoms with Crippen LogP contribution in [0.5, 0.6) is 0 Å². The molecule has 4 heterocycles. The maximum absolute atomic E-state index is 14.6. The highest BCUT2D eigenvalue weighted by Gasteiger charge is 2.65. The molecule has 2 fully saturated rings. The summed E-state index contributed by atoms with van der Waals surface area (Å²) in [4.78, 5) is 14.0. The molecule has 3 aromatic heterocycles. The number of halogens is 2. The average molecular weight is 564 g/mol. The Morgan fingerprint density at radius 3 is 2.55 bits per heavy atom. The molecule has 7 rings (SSSR count). The smallest absolute Gasteiger partial charge is 0.229 e. The third-order valence-corrected chi connectivity index (χ3v) is 11.0. The zero-order chi connectivity index (χ0) is 28.0. The molecule has 0 unspecified atom stereocenters. The van der Waals surface area contributed by atoms with Crippen LogP contribution < -0.4 is 0 Å². The number of hydrogen-bond donors (Lipinski definition) is 0. The van der Waals surface area contributed by atoms with Gasteiger partial charge in [0.2, 0.25) is 0 Å². The van der Waals surface area contributed by atoms with Crippen LogP contribution in [0.2, 0.25) is 0 Å². The zero-order valence-electron chi connectivity index (χ0n) is 22.3. The van der Waals surface area contributed by atoms with Gasteiger partial charge in [0.25, 0.3) is 5.95 Å². The highest BCUT2D eigenvalue weighted by atomic mass is 32.2. The summed E-state index contributed by atoms with van der Waals surface area (Å²) in [5.74, 6) is 0.0466. The summed E-state index contributed by atoms with van der Waals surface area (Å²) in [5.41, 5.74) is 2.42. The van der Waals surface area contributed by atoms with Gasteiger partial charge < -0.3 is 0 Å². The van der Waals surface area contributed by atoms with E-state index in [1.165, 1.54) is 22.9 Å². The molecule has 0 N–H and O–H groups in total. The largest absolute Gasteiger partial charge is 0.252 e. The fourth-order valence-corrected chi connectivity index (χ4v) is 8.74. The molecule has 2 bridgehead atoms. The van der Waals surface area contributed by atoms with Gasteiger partial charge >= 0.3 is 0 Å². The number of hydrogen-bond acceptors (Lipinski definition) is 8. The molecule has 1 aromatic carbocycles. The van der Waals surface area contributed by atoms with E-state index < -0.39 is 26.9 Å². The fourth-order valence-electron chi connectivity index (χ4n) is 7.16. The van der Waals surface area contributed by atoms with Crippen molar-refractivity contribution in [1.82, 2.24) is 34.9 Å². The summed E-state index contributed by atoms with van der Waals surface area (Å²) in [6, 6.07) is 7.53. The molecule has 2 aliphatic carbocycles. The lowest BCUT2D eigenvalue weighted by Gasteiger charge is -2.37. The second kappa shape index (κ2) is 8.42. The minimum atomic E-state index is -2.92. The zero-order valence-corrected chi connectivity index (χ0v) is 23.1. The molecule has 40 heavy (non-hydrogen) atoms. The van der Waals surface area contributed by atoms with E-state index in [1.54, 1.807) is 12.4 Å². The van der Waals surface area contributed by atoms with Gasteiger partial charge in [0.1, 0.15) is 18.0 Å². The molecule has 1 saturated carbocycles. The van der Waals surface area contributed by atoms with Crippen molar-refractivity contribution in [2.24, 2.45) is 11.3 Å². The molecule has 1 aliphatic heterocycles. The van der Waals surface area contributed by atoms with Crippen LogP contribution in [-0.4, -0.2) is 54.9 Å². The second-order valence-electron chi connectivity index (χ2n) is 11.8. The topological polar surface area (TPSA) is 116 Å². The monoisotopic (exact) mass is 563 g/mol. The Morgan fingerprint density at radius 1 is 1.07 bits per heavy atom. The Hall–Kier alpha value is -3.67. The molecule has 12 heteroatoms. The Kier molecular flexibility index (Phi) is 5.33. The van der Waals surface area contributed by atoms with Gasteiger partial charge in [0.15, 0.2) is 15.7 Å². The van der Waals surface area contributed by atoms with Gasteiger partial charge in [-0.2, -0.15) is 9.78 Å². The number of benzene rings is 1. The van der Waals surface area contributed by atoms with Crippen LogP contribution >= 0.6 is 0 Å². The van der Waals surface area contributed by atoms with Gasteiger partial charge in [-0.1, -0.05) is 19.9 Å². The lowest BCUT2D eigenvalue weighted by Crippen LogP contribution is -2.38. The van der Waals surface area contributed by atoms with Crippen molar-refractivity contribution in [2.45, 2.75) is 51.4 Å². The first kappa shape index (κ1) is 25.3. The highest BCUT2D eigenvalue weighted by molar-refractivity contribution is 7.92. The molecule has 0 radical (unpaired) electrons. The minimum absolute atomic E-state index is 0.0289. The summed E-state index contributed by atoms with van der Waals surface area (Å²) in [5, 5.41) is 13.5. The number of nitrogens with zero attached hydrogens (tertiary/aromatic N) is 7. The van der Waals surface area contributed by atoms with Gasteiger partial charge in [0, 0.05) is 12.1 Å². The molecular weight excluding hydrogens is 536 g/mol. The summed E-state index contributed by atoms with van der Waals surface area (Å²) in [6.45, 7) is 6.27. The Balaban J connectivity index is 1.29. The normalized spacial score (nSPS) is 24.2. The summed E-state index contributed by atoms with van der Waals surface area (Å²) in [6.07, 6.45) is 3.71. The maximum atomic E-state index is 14.6. The standard InChI is InChI=1S/C28H27F2N7O2S/c1-15-9-22(33-26(32-15)37-14-31-23(36-37)10-16-12-40(38,39)13-16)28-8-7-18(27(28,2)3)17-11-21(34-35-25(17)28)24-19(29)5-4-6-20(24)30/h4-6,9,11,14,16,18H,7-8,10,12-13H2,1-3H3/t18-,28+/m0/s1. The highest BCUT2D eigenvalue weighted by Crippen LogP contribution is 2.69. The van der Waals surface area contributed by atoms with E-state index in [9.17, 15) is 17.2 Å². The average Bonchev–Trinajstić information content (AvgIpc) is 3.50. The number of fused-ring (bicyclic) bond motifs is 5. The van der Waals surface area contributed by atoms with Gasteiger partial charge in [-0.15, -0.1) is 10.2 Å². The Labute approximate surface area is 230 Å². The molecule has 206 valence electrons. The van der Waals surface area contributed by atoms with Gasteiger partial charge in [-0.05, 0) is 66.8 Å². The van der Waals surface area contributed by atoms with Gasteiger partial charge in [0.05, 0.1) is 39.6 Å². The Morgan fingerprint density at radius 2 is 1.82 bits per heavy atom. The van der Waals surface area contributed by atoms with Crippen LogP contribution in [0.4, 0.5) is 8.78 Å². The van der Waals surface area contributed by atoms with Crippen LogP contribution in [0.15, 0.2) is 36.7 Å². The predicted octanol–water partition coefficient (Wildman–Crippen LogP) is 3.89. The SMILES string of the molecule is Cc1cc([C@]23CC[C@@H](c4cc(-c5c(F)cccc5F)nnc42)C3(C)C)nc(-n2cnc(CC3CS(=O)(=O)C3)n2)n1. The van der Waals surface area contributed by atoms with Crippen molar-refractivity contribution in [3.63, 3.8) is 0 Å². The van der Waals surface area contributed by atoms with E-state index in [1.807, 2.05) is 13.0 Å². The van der Waals surface area contributed by atoms with Crippen molar-refractivity contribution >= 4 is 9.84 Å². The van der Waals surface area contributed by atoms with E-state index in [4.69, 9.17) is 4.98 Å². The summed E-state index contributed by atoms with van der Waals surface area (Å²) >= 11 is 0. The predicted molar refractivity (Wildman–Crippen MR) is 141 cm³/mol.